The van der Waals surface area contributed by atoms with Gasteiger partial charge in [0.05, 0.1) is 7.11 Å². The van der Waals surface area contributed by atoms with E-state index in [1.54, 1.807) is 7.11 Å². The van der Waals surface area contributed by atoms with Gasteiger partial charge in [-0.1, -0.05) is 6.92 Å². The van der Waals surface area contributed by atoms with E-state index in [1.807, 2.05) is 29.2 Å². The Kier molecular flexibility index (Phi) is 5.39. The maximum absolute atomic E-state index is 13.1. The van der Waals surface area contributed by atoms with Gasteiger partial charge in [-0.3, -0.25) is 4.79 Å². The molecule has 2 saturated heterocycles. The van der Waals surface area contributed by atoms with E-state index in [-0.39, 0.29) is 5.91 Å². The molecule has 1 aromatic carbocycles. The van der Waals surface area contributed by atoms with Crippen molar-refractivity contribution in [2.24, 2.45) is 11.8 Å². The molecule has 1 aromatic heterocycles. The molecule has 27 heavy (non-hydrogen) atoms. The number of aromatic nitrogens is 1. The maximum Gasteiger partial charge on any atom is 0.270 e. The van der Waals surface area contributed by atoms with Crippen molar-refractivity contribution in [2.75, 3.05) is 39.8 Å². The number of hydrogen-bond acceptors (Lipinski definition) is 3. The Morgan fingerprint density at radius 1 is 1.19 bits per heavy atom. The Morgan fingerprint density at radius 3 is 2.78 bits per heavy atom. The van der Waals surface area contributed by atoms with Gasteiger partial charge < -0.3 is 19.5 Å². The number of nitrogens with zero attached hydrogens (tertiary/aromatic N) is 2. The number of hydrogen-bond donors (Lipinski definition) is 1. The maximum atomic E-state index is 13.1. The lowest BCUT2D eigenvalue weighted by atomic mass is 9.94. The van der Waals surface area contributed by atoms with E-state index in [0.717, 1.165) is 48.6 Å². The Morgan fingerprint density at radius 2 is 2.00 bits per heavy atom. The van der Waals surface area contributed by atoms with Gasteiger partial charge in [0.1, 0.15) is 11.4 Å². The fourth-order valence-corrected chi connectivity index (χ4v) is 4.53. The molecule has 2 aliphatic heterocycles. The number of fused-ring (bicyclic) bond motifs is 1. The summed E-state index contributed by atoms with van der Waals surface area (Å²) in [6.45, 7) is 7.67. The molecule has 1 amide bonds. The summed E-state index contributed by atoms with van der Waals surface area (Å²) in [4.78, 5) is 21.0. The second kappa shape index (κ2) is 7.93. The molecule has 1 atom stereocenters. The highest BCUT2D eigenvalue weighted by Crippen LogP contribution is 2.25. The van der Waals surface area contributed by atoms with E-state index in [9.17, 15) is 4.79 Å². The third-order valence-corrected chi connectivity index (χ3v) is 6.26. The van der Waals surface area contributed by atoms with E-state index in [0.29, 0.717) is 11.6 Å². The standard InChI is InChI=1S/C22H31N3O2/c1-16-7-10-24(11-8-16)14-17-4-3-9-25(15-17)22(26)21-12-18-5-6-19(27-2)13-20(18)23-21/h5-6,12-13,16-17,23H,3-4,7-11,14-15H2,1-2H3. The Hall–Kier alpha value is -2.01. The molecule has 2 aromatic rings. The van der Waals surface area contributed by atoms with Crippen LogP contribution in [0.2, 0.25) is 0 Å². The average molecular weight is 370 g/mol. The summed E-state index contributed by atoms with van der Waals surface area (Å²) in [5.41, 5.74) is 1.64. The normalized spacial score (nSPS) is 22.3. The lowest BCUT2D eigenvalue weighted by Crippen LogP contribution is -2.45. The van der Waals surface area contributed by atoms with Crippen molar-refractivity contribution < 1.29 is 9.53 Å². The average Bonchev–Trinajstić information content (AvgIpc) is 3.12. The van der Waals surface area contributed by atoms with Crippen LogP contribution in [0.1, 0.15) is 43.1 Å². The van der Waals surface area contributed by atoms with Crippen LogP contribution in [-0.2, 0) is 0 Å². The molecule has 2 fully saturated rings. The highest BCUT2D eigenvalue weighted by Gasteiger charge is 2.27. The highest BCUT2D eigenvalue weighted by atomic mass is 16.5. The molecular formula is C22H31N3O2. The molecule has 5 nitrogen and oxygen atoms in total. The van der Waals surface area contributed by atoms with Crippen LogP contribution >= 0.6 is 0 Å². The quantitative estimate of drug-likeness (QED) is 0.893. The molecule has 0 radical (unpaired) electrons. The molecular weight excluding hydrogens is 338 g/mol. The van der Waals surface area contributed by atoms with Crippen molar-refractivity contribution in [3.63, 3.8) is 0 Å². The smallest absolute Gasteiger partial charge is 0.270 e. The lowest BCUT2D eigenvalue weighted by Gasteiger charge is -2.37. The van der Waals surface area contributed by atoms with Crippen molar-refractivity contribution in [3.8, 4) is 5.75 Å². The number of likely N-dealkylation sites (tertiary alicyclic amines) is 2. The van der Waals surface area contributed by atoms with Crippen LogP contribution in [0.25, 0.3) is 10.9 Å². The van der Waals surface area contributed by atoms with Gasteiger partial charge in [-0.05, 0) is 68.8 Å². The summed E-state index contributed by atoms with van der Waals surface area (Å²) < 4.78 is 5.28. The number of ether oxygens (including phenoxy) is 1. The summed E-state index contributed by atoms with van der Waals surface area (Å²) in [5.74, 6) is 2.39. The van der Waals surface area contributed by atoms with Crippen molar-refractivity contribution in [1.29, 1.82) is 0 Å². The zero-order chi connectivity index (χ0) is 18.8. The second-order valence-electron chi connectivity index (χ2n) is 8.38. The summed E-state index contributed by atoms with van der Waals surface area (Å²) >= 11 is 0. The predicted octanol–water partition coefficient (Wildman–Crippen LogP) is 3.76. The first-order chi connectivity index (χ1) is 13.1. The third kappa shape index (κ3) is 4.13. The van der Waals surface area contributed by atoms with Crippen LogP contribution in [0.15, 0.2) is 24.3 Å². The molecule has 0 aliphatic carbocycles. The molecule has 0 saturated carbocycles. The van der Waals surface area contributed by atoms with Crippen LogP contribution in [0.5, 0.6) is 5.75 Å². The van der Waals surface area contributed by atoms with E-state index in [4.69, 9.17) is 4.74 Å². The lowest BCUT2D eigenvalue weighted by molar-refractivity contribution is 0.0617. The number of benzene rings is 1. The largest absolute Gasteiger partial charge is 0.497 e. The SMILES string of the molecule is COc1ccc2cc(C(=O)N3CCCC(CN4CCC(C)CC4)C3)[nH]c2c1. The molecule has 4 rings (SSSR count). The van der Waals surface area contributed by atoms with Gasteiger partial charge in [0.2, 0.25) is 0 Å². The predicted molar refractivity (Wildman–Crippen MR) is 108 cm³/mol. The van der Waals surface area contributed by atoms with Gasteiger partial charge in [-0.2, -0.15) is 0 Å². The van der Waals surface area contributed by atoms with Crippen LogP contribution < -0.4 is 4.74 Å². The Balaban J connectivity index is 1.41. The van der Waals surface area contributed by atoms with Crippen molar-refractivity contribution >= 4 is 16.8 Å². The van der Waals surface area contributed by atoms with E-state index < -0.39 is 0 Å². The first-order valence-electron chi connectivity index (χ1n) is 10.3. The molecule has 0 bridgehead atoms. The summed E-state index contributed by atoms with van der Waals surface area (Å²) in [7, 11) is 1.66. The van der Waals surface area contributed by atoms with E-state index in [1.165, 1.54) is 32.4 Å². The highest BCUT2D eigenvalue weighted by molar-refractivity contribution is 5.98. The van der Waals surface area contributed by atoms with Gasteiger partial charge in [0.15, 0.2) is 0 Å². The van der Waals surface area contributed by atoms with Gasteiger partial charge in [-0.25, -0.2) is 0 Å². The number of piperidine rings is 2. The molecule has 0 spiro atoms. The van der Waals surface area contributed by atoms with Crippen LogP contribution in [0, 0.1) is 11.8 Å². The zero-order valence-corrected chi connectivity index (χ0v) is 16.5. The van der Waals surface area contributed by atoms with Gasteiger partial charge in [0, 0.05) is 36.6 Å². The number of carbonyl (C=O) groups is 1. The van der Waals surface area contributed by atoms with Gasteiger partial charge in [0.25, 0.3) is 5.91 Å². The Labute approximate surface area is 161 Å². The monoisotopic (exact) mass is 369 g/mol. The number of amides is 1. The van der Waals surface area contributed by atoms with Crippen molar-refractivity contribution in [3.05, 3.63) is 30.0 Å². The van der Waals surface area contributed by atoms with E-state index in [2.05, 4.69) is 16.8 Å². The molecule has 5 heteroatoms. The summed E-state index contributed by atoms with van der Waals surface area (Å²) in [6, 6.07) is 7.84. The fourth-order valence-electron chi connectivity index (χ4n) is 4.53. The first-order valence-corrected chi connectivity index (χ1v) is 10.3. The van der Waals surface area contributed by atoms with Crippen molar-refractivity contribution in [1.82, 2.24) is 14.8 Å². The Bertz CT molecular complexity index is 792. The van der Waals surface area contributed by atoms with Crippen molar-refractivity contribution in [2.45, 2.75) is 32.6 Å². The minimum Gasteiger partial charge on any atom is -0.497 e. The first kappa shape index (κ1) is 18.4. The second-order valence-corrected chi connectivity index (χ2v) is 8.38. The number of rotatable bonds is 4. The van der Waals surface area contributed by atoms with Crippen LogP contribution in [-0.4, -0.2) is 60.5 Å². The fraction of sp³-hybridized carbons (Fsp3) is 0.591. The minimum atomic E-state index is 0.127. The molecule has 1 N–H and O–H groups in total. The number of H-pyrrole nitrogens is 1. The number of aromatic amines is 1. The molecule has 1 unspecified atom stereocenters. The number of carbonyl (C=O) groups excluding carboxylic acids is 1. The van der Waals surface area contributed by atoms with Gasteiger partial charge >= 0.3 is 0 Å². The van der Waals surface area contributed by atoms with Gasteiger partial charge in [-0.15, -0.1) is 0 Å². The van der Waals surface area contributed by atoms with E-state index >= 15 is 0 Å². The minimum absolute atomic E-state index is 0.127. The molecule has 146 valence electrons. The topological polar surface area (TPSA) is 48.6 Å². The van der Waals surface area contributed by atoms with Crippen LogP contribution in [0.3, 0.4) is 0 Å². The van der Waals surface area contributed by atoms with Crippen LogP contribution in [0.4, 0.5) is 0 Å². The number of nitrogens with one attached hydrogen (secondary N) is 1. The molecule has 2 aliphatic rings. The summed E-state index contributed by atoms with van der Waals surface area (Å²) in [6.07, 6.45) is 4.97. The molecule has 3 heterocycles. The number of methoxy groups -OCH3 is 1. The summed E-state index contributed by atoms with van der Waals surface area (Å²) in [5, 5.41) is 1.05. The zero-order valence-electron chi connectivity index (χ0n) is 16.5. The third-order valence-electron chi connectivity index (χ3n) is 6.26.